The van der Waals surface area contributed by atoms with E-state index in [0.29, 0.717) is 11.3 Å². The largest absolute Gasteiger partial charge is 0.465 e. The summed E-state index contributed by atoms with van der Waals surface area (Å²) in [5, 5.41) is 4.64. The molecule has 0 aliphatic carbocycles. The summed E-state index contributed by atoms with van der Waals surface area (Å²) in [6.07, 6.45) is 0.227. The fraction of sp³-hybridized carbons (Fsp3) is 0.222. The van der Waals surface area contributed by atoms with Crippen LogP contribution in [-0.4, -0.2) is 31.9 Å². The molecular weight excluding hydrogens is 342 g/mol. The van der Waals surface area contributed by atoms with Gasteiger partial charge in [0.2, 0.25) is 0 Å². The Kier molecular flexibility index (Phi) is 5.14. The molecule has 0 amide bonds. The standard InChI is InChI=1S/C18H17NO5S/c20-18(13-16-15-9-4-5-10-17(15)24-19-16)23-11-6-12-25(21,22)14-7-2-1-3-8-14/h1-5,7-10H,6,11-13H2. The molecule has 2 aromatic carbocycles. The van der Waals surface area contributed by atoms with E-state index in [1.54, 1.807) is 36.4 Å². The summed E-state index contributed by atoms with van der Waals surface area (Å²) in [5.41, 5.74) is 1.12. The first-order valence-corrected chi connectivity index (χ1v) is 9.48. The number of carbonyl (C=O) groups is 1. The SMILES string of the molecule is O=C(Cc1noc2ccccc12)OCCCS(=O)(=O)c1ccccc1. The minimum Gasteiger partial charge on any atom is -0.465 e. The van der Waals surface area contributed by atoms with Crippen molar-refractivity contribution >= 4 is 26.8 Å². The van der Waals surface area contributed by atoms with Crippen molar-refractivity contribution < 1.29 is 22.5 Å². The second-order valence-electron chi connectivity index (χ2n) is 5.51. The van der Waals surface area contributed by atoms with E-state index in [1.807, 2.05) is 18.2 Å². The van der Waals surface area contributed by atoms with E-state index in [-0.39, 0.29) is 30.1 Å². The van der Waals surface area contributed by atoms with Crippen molar-refractivity contribution in [3.8, 4) is 0 Å². The van der Waals surface area contributed by atoms with Crippen molar-refractivity contribution in [3.05, 3.63) is 60.3 Å². The van der Waals surface area contributed by atoms with Gasteiger partial charge in [0, 0.05) is 5.39 Å². The minimum atomic E-state index is -3.36. The van der Waals surface area contributed by atoms with Crippen molar-refractivity contribution in [1.82, 2.24) is 5.16 Å². The zero-order chi connectivity index (χ0) is 17.7. The highest BCUT2D eigenvalue weighted by molar-refractivity contribution is 7.91. The van der Waals surface area contributed by atoms with E-state index in [2.05, 4.69) is 5.16 Å². The normalized spacial score (nSPS) is 11.5. The Hall–Kier alpha value is -2.67. The van der Waals surface area contributed by atoms with Gasteiger partial charge in [0.1, 0.15) is 5.69 Å². The predicted octanol–water partition coefficient (Wildman–Crippen LogP) is 2.78. The fourth-order valence-electron chi connectivity index (χ4n) is 2.43. The average molecular weight is 359 g/mol. The predicted molar refractivity (Wildman–Crippen MR) is 91.8 cm³/mol. The molecule has 0 spiro atoms. The Morgan fingerprint density at radius 2 is 1.76 bits per heavy atom. The lowest BCUT2D eigenvalue weighted by Crippen LogP contribution is -2.13. The molecule has 0 fully saturated rings. The fourth-order valence-corrected chi connectivity index (χ4v) is 3.74. The van der Waals surface area contributed by atoms with Crippen LogP contribution < -0.4 is 0 Å². The number of benzene rings is 2. The lowest BCUT2D eigenvalue weighted by Gasteiger charge is -2.05. The maximum atomic E-state index is 12.1. The van der Waals surface area contributed by atoms with Crippen LogP contribution in [0.1, 0.15) is 12.1 Å². The molecule has 3 rings (SSSR count). The number of carbonyl (C=O) groups excluding carboxylic acids is 1. The highest BCUT2D eigenvalue weighted by Gasteiger charge is 2.15. The molecule has 0 aliphatic rings. The van der Waals surface area contributed by atoms with Gasteiger partial charge in [-0.05, 0) is 30.7 Å². The van der Waals surface area contributed by atoms with E-state index in [4.69, 9.17) is 9.26 Å². The number of hydrogen-bond acceptors (Lipinski definition) is 6. The van der Waals surface area contributed by atoms with Crippen LogP contribution in [-0.2, 0) is 25.8 Å². The Morgan fingerprint density at radius 1 is 1.04 bits per heavy atom. The second kappa shape index (κ2) is 7.48. The molecule has 25 heavy (non-hydrogen) atoms. The number of nitrogens with zero attached hydrogens (tertiary/aromatic N) is 1. The van der Waals surface area contributed by atoms with Crippen LogP contribution in [0, 0.1) is 0 Å². The van der Waals surface area contributed by atoms with Crippen LogP contribution in [0.5, 0.6) is 0 Å². The van der Waals surface area contributed by atoms with Gasteiger partial charge in [-0.15, -0.1) is 0 Å². The molecule has 130 valence electrons. The second-order valence-corrected chi connectivity index (χ2v) is 7.62. The Balaban J connectivity index is 1.48. The van der Waals surface area contributed by atoms with Crippen molar-refractivity contribution in [2.24, 2.45) is 0 Å². The lowest BCUT2D eigenvalue weighted by atomic mass is 10.2. The van der Waals surface area contributed by atoms with E-state index in [0.717, 1.165) is 5.39 Å². The number of hydrogen-bond donors (Lipinski definition) is 0. The summed E-state index contributed by atoms with van der Waals surface area (Å²) < 4.78 is 34.5. The molecule has 0 radical (unpaired) electrons. The summed E-state index contributed by atoms with van der Waals surface area (Å²) in [6.45, 7) is 0.0423. The first-order valence-electron chi connectivity index (χ1n) is 7.83. The van der Waals surface area contributed by atoms with Crippen LogP contribution in [0.15, 0.2) is 64.0 Å². The number of sulfone groups is 1. The molecule has 3 aromatic rings. The number of aromatic nitrogens is 1. The average Bonchev–Trinajstić information content (AvgIpc) is 3.03. The quantitative estimate of drug-likeness (QED) is 0.476. The molecule has 0 N–H and O–H groups in total. The summed E-state index contributed by atoms with van der Waals surface area (Å²) >= 11 is 0. The number of fused-ring (bicyclic) bond motifs is 1. The molecule has 1 aromatic heterocycles. The molecule has 7 heteroatoms. The van der Waals surface area contributed by atoms with E-state index >= 15 is 0 Å². The number of para-hydroxylation sites is 1. The summed E-state index contributed by atoms with van der Waals surface area (Å²) in [6, 6.07) is 15.5. The zero-order valence-electron chi connectivity index (χ0n) is 13.4. The van der Waals surface area contributed by atoms with Crippen molar-refractivity contribution in [2.75, 3.05) is 12.4 Å². The van der Waals surface area contributed by atoms with Crippen LogP contribution in [0.2, 0.25) is 0 Å². The number of rotatable bonds is 7. The molecule has 0 unspecified atom stereocenters. The van der Waals surface area contributed by atoms with Gasteiger partial charge in [-0.1, -0.05) is 35.5 Å². The van der Waals surface area contributed by atoms with Crippen LogP contribution >= 0.6 is 0 Å². The smallest absolute Gasteiger partial charge is 0.312 e. The molecule has 0 aliphatic heterocycles. The number of ether oxygens (including phenoxy) is 1. The molecule has 6 nitrogen and oxygen atoms in total. The van der Waals surface area contributed by atoms with Crippen molar-refractivity contribution in [3.63, 3.8) is 0 Å². The third-order valence-corrected chi connectivity index (χ3v) is 5.50. The van der Waals surface area contributed by atoms with Gasteiger partial charge in [-0.3, -0.25) is 4.79 Å². The van der Waals surface area contributed by atoms with Gasteiger partial charge in [0.15, 0.2) is 15.4 Å². The topological polar surface area (TPSA) is 86.5 Å². The lowest BCUT2D eigenvalue weighted by molar-refractivity contribution is -0.142. The van der Waals surface area contributed by atoms with Gasteiger partial charge >= 0.3 is 5.97 Å². The van der Waals surface area contributed by atoms with Gasteiger partial charge in [0.05, 0.1) is 23.7 Å². The molecule has 0 bridgehead atoms. The summed E-state index contributed by atoms with van der Waals surface area (Å²) in [5.74, 6) is -0.534. The van der Waals surface area contributed by atoms with Crippen LogP contribution in [0.4, 0.5) is 0 Å². The third kappa shape index (κ3) is 4.24. The Labute approximate surface area is 145 Å². The molecular formula is C18H17NO5S. The van der Waals surface area contributed by atoms with Crippen molar-refractivity contribution in [1.29, 1.82) is 0 Å². The maximum Gasteiger partial charge on any atom is 0.312 e. The molecule has 0 saturated carbocycles. The van der Waals surface area contributed by atoms with Gasteiger partial charge in [-0.2, -0.15) is 0 Å². The minimum absolute atomic E-state index is 0.0115. The summed E-state index contributed by atoms with van der Waals surface area (Å²) in [4.78, 5) is 12.2. The molecule has 1 heterocycles. The highest BCUT2D eigenvalue weighted by atomic mass is 32.2. The van der Waals surface area contributed by atoms with Gasteiger partial charge in [-0.25, -0.2) is 8.42 Å². The zero-order valence-corrected chi connectivity index (χ0v) is 14.2. The first-order chi connectivity index (χ1) is 12.1. The van der Waals surface area contributed by atoms with E-state index < -0.39 is 15.8 Å². The van der Waals surface area contributed by atoms with E-state index in [9.17, 15) is 13.2 Å². The van der Waals surface area contributed by atoms with Crippen LogP contribution in [0.25, 0.3) is 11.0 Å². The Morgan fingerprint density at radius 3 is 2.56 bits per heavy atom. The van der Waals surface area contributed by atoms with Crippen LogP contribution in [0.3, 0.4) is 0 Å². The van der Waals surface area contributed by atoms with Gasteiger partial charge < -0.3 is 9.26 Å². The third-order valence-electron chi connectivity index (χ3n) is 3.69. The van der Waals surface area contributed by atoms with Crippen molar-refractivity contribution in [2.45, 2.75) is 17.7 Å². The number of esters is 1. The van der Waals surface area contributed by atoms with E-state index in [1.165, 1.54) is 0 Å². The summed E-state index contributed by atoms with van der Waals surface area (Å²) in [7, 11) is -3.36. The Bertz CT molecular complexity index is 963. The highest BCUT2D eigenvalue weighted by Crippen LogP contribution is 2.18. The van der Waals surface area contributed by atoms with Gasteiger partial charge in [0.25, 0.3) is 0 Å². The maximum absolute atomic E-state index is 12.1. The first kappa shape index (κ1) is 17.2. The monoisotopic (exact) mass is 359 g/mol. The molecule has 0 saturated heterocycles. The molecule has 0 atom stereocenters.